The number of rotatable bonds is 26. The van der Waals surface area contributed by atoms with Gasteiger partial charge in [0.25, 0.3) is 0 Å². The maximum absolute atomic E-state index is 12.2. The number of aliphatic hydroxyl groups excluding tert-OH is 3. The maximum Gasteiger partial charge on any atom is 0.220 e. The Labute approximate surface area is 211 Å². The van der Waals surface area contributed by atoms with E-state index in [4.69, 9.17) is 0 Å². The van der Waals surface area contributed by atoms with Crippen LogP contribution in [0.2, 0.25) is 0 Å². The molecule has 0 saturated carbocycles. The topological polar surface area (TPSA) is 89.8 Å². The Hall–Kier alpha value is -0.650. The number of carbonyl (C=O) groups is 1. The van der Waals surface area contributed by atoms with Crippen molar-refractivity contribution in [1.29, 1.82) is 0 Å². The van der Waals surface area contributed by atoms with Gasteiger partial charge in [-0.2, -0.15) is 0 Å². The van der Waals surface area contributed by atoms with E-state index in [-0.39, 0.29) is 12.5 Å². The number of nitrogens with one attached hydrogen (secondary N) is 1. The highest BCUT2D eigenvalue weighted by molar-refractivity contribution is 5.76. The predicted octanol–water partition coefficient (Wildman–Crippen LogP) is 6.81. The molecule has 0 aliphatic heterocycles. The lowest BCUT2D eigenvalue weighted by molar-refractivity contribution is -0.124. The zero-order valence-corrected chi connectivity index (χ0v) is 22.7. The monoisotopic (exact) mass is 485 g/mol. The second-order valence-electron chi connectivity index (χ2n) is 10.3. The van der Waals surface area contributed by atoms with Crippen molar-refractivity contribution in [1.82, 2.24) is 5.32 Å². The van der Waals surface area contributed by atoms with Crippen molar-refractivity contribution in [3.63, 3.8) is 0 Å². The van der Waals surface area contributed by atoms with Gasteiger partial charge < -0.3 is 20.6 Å². The Morgan fingerprint density at radius 3 is 1.41 bits per heavy atom. The fourth-order valence-corrected chi connectivity index (χ4v) is 4.57. The molecular formula is C29H59NO4. The van der Waals surface area contributed by atoms with Gasteiger partial charge in [0.15, 0.2) is 0 Å². The average molecular weight is 486 g/mol. The van der Waals surface area contributed by atoms with Crippen molar-refractivity contribution in [3.05, 3.63) is 0 Å². The zero-order valence-electron chi connectivity index (χ0n) is 22.7. The third kappa shape index (κ3) is 20.7. The first-order valence-corrected chi connectivity index (χ1v) is 14.8. The Bertz CT molecular complexity index is 432. The Kier molecular flexibility index (Phi) is 25.0. The van der Waals surface area contributed by atoms with E-state index < -0.39 is 18.2 Å². The molecule has 5 nitrogen and oxygen atoms in total. The molecule has 0 fully saturated rings. The van der Waals surface area contributed by atoms with E-state index in [1.807, 2.05) is 0 Å². The number of unbranched alkanes of at least 4 members (excludes halogenated alkanes) is 18. The molecule has 0 spiro atoms. The van der Waals surface area contributed by atoms with E-state index in [0.29, 0.717) is 12.8 Å². The van der Waals surface area contributed by atoms with Crippen LogP contribution in [0.15, 0.2) is 0 Å². The number of aliphatic hydroxyl groups is 3. The van der Waals surface area contributed by atoms with Crippen LogP contribution in [-0.4, -0.2) is 46.1 Å². The van der Waals surface area contributed by atoms with Gasteiger partial charge in [-0.05, 0) is 12.8 Å². The van der Waals surface area contributed by atoms with Crippen molar-refractivity contribution >= 4 is 5.91 Å². The SMILES string of the molecule is CCCCCCCCCCCCCC(=O)NC(CO)C(O)C(O)CCCCCCCCCCC. The molecule has 3 unspecified atom stereocenters. The van der Waals surface area contributed by atoms with Crippen molar-refractivity contribution < 1.29 is 20.1 Å². The Balaban J connectivity index is 3.76. The molecule has 0 heterocycles. The van der Waals surface area contributed by atoms with Crippen molar-refractivity contribution in [2.75, 3.05) is 6.61 Å². The summed E-state index contributed by atoms with van der Waals surface area (Å²) in [5, 5.41) is 33.0. The van der Waals surface area contributed by atoms with Crippen LogP contribution in [0.3, 0.4) is 0 Å². The van der Waals surface area contributed by atoms with Crippen molar-refractivity contribution in [2.45, 2.75) is 173 Å². The fraction of sp³-hybridized carbons (Fsp3) is 0.966. The highest BCUT2D eigenvalue weighted by atomic mass is 16.3. The van der Waals surface area contributed by atoms with Gasteiger partial charge in [0.2, 0.25) is 5.91 Å². The molecule has 0 saturated heterocycles. The standard InChI is InChI=1S/C29H59NO4/c1-3-5-7-9-11-13-14-16-18-20-22-24-28(33)30-26(25-31)29(34)27(32)23-21-19-17-15-12-10-8-6-4-2/h26-27,29,31-32,34H,3-25H2,1-2H3,(H,30,33). The second-order valence-corrected chi connectivity index (χ2v) is 10.3. The van der Waals surface area contributed by atoms with Crippen LogP contribution in [0, 0.1) is 0 Å². The molecule has 0 aliphatic carbocycles. The van der Waals surface area contributed by atoms with E-state index in [1.165, 1.54) is 89.9 Å². The van der Waals surface area contributed by atoms with Gasteiger partial charge in [-0.15, -0.1) is 0 Å². The van der Waals surface area contributed by atoms with Gasteiger partial charge in [0.1, 0.15) is 6.10 Å². The van der Waals surface area contributed by atoms with Crippen LogP contribution in [0.5, 0.6) is 0 Å². The normalized spacial score (nSPS) is 14.1. The molecule has 34 heavy (non-hydrogen) atoms. The molecule has 0 radical (unpaired) electrons. The number of amides is 1. The Morgan fingerprint density at radius 2 is 1.00 bits per heavy atom. The molecular weight excluding hydrogens is 426 g/mol. The minimum Gasteiger partial charge on any atom is -0.394 e. The minimum atomic E-state index is -1.12. The Morgan fingerprint density at radius 1 is 0.618 bits per heavy atom. The maximum atomic E-state index is 12.2. The smallest absolute Gasteiger partial charge is 0.220 e. The first-order valence-electron chi connectivity index (χ1n) is 14.8. The van der Waals surface area contributed by atoms with Gasteiger partial charge in [0.05, 0.1) is 18.8 Å². The third-order valence-electron chi connectivity index (χ3n) is 6.96. The lowest BCUT2D eigenvalue weighted by Gasteiger charge is -2.26. The summed E-state index contributed by atoms with van der Waals surface area (Å²) >= 11 is 0. The molecule has 0 aliphatic rings. The molecule has 0 aromatic carbocycles. The van der Waals surface area contributed by atoms with E-state index in [9.17, 15) is 20.1 Å². The summed E-state index contributed by atoms with van der Waals surface area (Å²) in [4.78, 5) is 12.2. The van der Waals surface area contributed by atoms with E-state index in [1.54, 1.807) is 0 Å². The number of hydrogen-bond acceptors (Lipinski definition) is 4. The predicted molar refractivity (Wildman–Crippen MR) is 144 cm³/mol. The van der Waals surface area contributed by atoms with Crippen LogP contribution in [0.25, 0.3) is 0 Å². The van der Waals surface area contributed by atoms with Gasteiger partial charge in [-0.3, -0.25) is 4.79 Å². The van der Waals surface area contributed by atoms with Crippen LogP contribution in [-0.2, 0) is 4.79 Å². The summed E-state index contributed by atoms with van der Waals surface area (Å²) in [5.74, 6) is -0.149. The summed E-state index contributed by atoms with van der Waals surface area (Å²) < 4.78 is 0. The minimum absolute atomic E-state index is 0.149. The van der Waals surface area contributed by atoms with Crippen LogP contribution >= 0.6 is 0 Å². The summed E-state index contributed by atoms with van der Waals surface area (Å²) in [6, 6.07) is -0.797. The molecule has 4 N–H and O–H groups in total. The van der Waals surface area contributed by atoms with E-state index in [0.717, 1.165) is 38.5 Å². The van der Waals surface area contributed by atoms with Crippen LogP contribution < -0.4 is 5.32 Å². The molecule has 5 heteroatoms. The largest absolute Gasteiger partial charge is 0.394 e. The lowest BCUT2D eigenvalue weighted by Crippen LogP contribution is -2.50. The molecule has 0 bridgehead atoms. The highest BCUT2D eigenvalue weighted by Gasteiger charge is 2.26. The quantitative estimate of drug-likeness (QED) is 0.101. The number of carbonyl (C=O) groups excluding carboxylic acids is 1. The zero-order chi connectivity index (χ0) is 25.3. The van der Waals surface area contributed by atoms with Crippen molar-refractivity contribution in [2.24, 2.45) is 0 Å². The highest BCUT2D eigenvalue weighted by Crippen LogP contribution is 2.15. The fourth-order valence-electron chi connectivity index (χ4n) is 4.57. The lowest BCUT2D eigenvalue weighted by atomic mass is 9.99. The molecule has 1 amide bonds. The summed E-state index contributed by atoms with van der Waals surface area (Å²) in [7, 11) is 0. The number of hydrogen-bond donors (Lipinski definition) is 4. The molecule has 204 valence electrons. The first kappa shape index (κ1) is 33.4. The van der Waals surface area contributed by atoms with Gasteiger partial charge in [0, 0.05) is 6.42 Å². The summed E-state index contributed by atoms with van der Waals surface area (Å²) in [6.45, 7) is 4.11. The molecule has 0 aromatic rings. The molecule has 0 aromatic heterocycles. The summed E-state index contributed by atoms with van der Waals surface area (Å²) in [5.41, 5.74) is 0. The summed E-state index contributed by atoms with van der Waals surface area (Å²) in [6.07, 6.45) is 23.3. The van der Waals surface area contributed by atoms with Crippen LogP contribution in [0.1, 0.15) is 155 Å². The van der Waals surface area contributed by atoms with Crippen LogP contribution in [0.4, 0.5) is 0 Å². The third-order valence-corrected chi connectivity index (χ3v) is 6.96. The van der Waals surface area contributed by atoms with E-state index >= 15 is 0 Å². The van der Waals surface area contributed by atoms with Crippen molar-refractivity contribution in [3.8, 4) is 0 Å². The first-order chi connectivity index (χ1) is 16.6. The molecule has 3 atom stereocenters. The second kappa shape index (κ2) is 25.4. The van der Waals surface area contributed by atoms with Gasteiger partial charge >= 0.3 is 0 Å². The average Bonchev–Trinajstić information content (AvgIpc) is 2.84. The van der Waals surface area contributed by atoms with Gasteiger partial charge in [-0.1, -0.05) is 136 Å². The molecule has 0 rings (SSSR count). The van der Waals surface area contributed by atoms with Gasteiger partial charge in [-0.25, -0.2) is 0 Å². The van der Waals surface area contributed by atoms with E-state index in [2.05, 4.69) is 19.2 Å².